The lowest BCUT2D eigenvalue weighted by Gasteiger charge is -2.26. The standard InChI is InChI=1S/C17H29N5O2/c1-13(2)4-5-18-16-12-15(20-14(3)21-16)17(23)19-6-7-22-8-10-24-11-9-22/h12-13H,4-11H2,1-3H3,(H,19,23)(H,18,20,21). The van der Waals surface area contributed by atoms with Gasteiger partial charge in [0.2, 0.25) is 0 Å². The van der Waals surface area contributed by atoms with Crippen molar-refractivity contribution in [2.75, 3.05) is 51.3 Å². The largest absolute Gasteiger partial charge is 0.379 e. The molecule has 7 heteroatoms. The zero-order chi connectivity index (χ0) is 17.4. The Morgan fingerprint density at radius 2 is 2.04 bits per heavy atom. The molecule has 1 aliphatic heterocycles. The van der Waals surface area contributed by atoms with Crippen LogP contribution in [0.5, 0.6) is 0 Å². The normalized spacial score (nSPS) is 15.5. The average Bonchev–Trinajstić information content (AvgIpc) is 2.55. The fourth-order valence-corrected chi connectivity index (χ4v) is 2.51. The summed E-state index contributed by atoms with van der Waals surface area (Å²) in [6.07, 6.45) is 1.06. The van der Waals surface area contributed by atoms with Crippen LogP contribution in [0.1, 0.15) is 36.6 Å². The molecule has 1 aromatic heterocycles. The molecule has 24 heavy (non-hydrogen) atoms. The third-order valence-electron chi connectivity index (χ3n) is 3.92. The van der Waals surface area contributed by atoms with Crippen molar-refractivity contribution in [3.8, 4) is 0 Å². The first-order valence-corrected chi connectivity index (χ1v) is 8.72. The summed E-state index contributed by atoms with van der Waals surface area (Å²) in [5.41, 5.74) is 0.413. The van der Waals surface area contributed by atoms with E-state index in [0.717, 1.165) is 45.8 Å². The Balaban J connectivity index is 1.82. The second kappa shape index (κ2) is 9.54. The monoisotopic (exact) mass is 335 g/mol. The van der Waals surface area contributed by atoms with Gasteiger partial charge in [0.15, 0.2) is 0 Å². The first kappa shape index (κ1) is 18.6. The molecule has 0 aromatic carbocycles. The van der Waals surface area contributed by atoms with Crippen molar-refractivity contribution in [2.24, 2.45) is 5.92 Å². The third-order valence-corrected chi connectivity index (χ3v) is 3.92. The van der Waals surface area contributed by atoms with Gasteiger partial charge in [-0.15, -0.1) is 0 Å². The van der Waals surface area contributed by atoms with Crippen LogP contribution in [0, 0.1) is 12.8 Å². The number of anilines is 1. The van der Waals surface area contributed by atoms with Crippen molar-refractivity contribution in [2.45, 2.75) is 27.2 Å². The van der Waals surface area contributed by atoms with Crippen molar-refractivity contribution < 1.29 is 9.53 Å². The first-order valence-electron chi connectivity index (χ1n) is 8.72. The number of aryl methyl sites for hydroxylation is 1. The van der Waals surface area contributed by atoms with Gasteiger partial charge in [0, 0.05) is 38.8 Å². The number of carbonyl (C=O) groups is 1. The second-order valence-electron chi connectivity index (χ2n) is 6.50. The Morgan fingerprint density at radius 3 is 2.75 bits per heavy atom. The summed E-state index contributed by atoms with van der Waals surface area (Å²) < 4.78 is 5.32. The van der Waals surface area contributed by atoms with Gasteiger partial charge < -0.3 is 15.4 Å². The highest BCUT2D eigenvalue weighted by Crippen LogP contribution is 2.08. The van der Waals surface area contributed by atoms with Crippen LogP contribution < -0.4 is 10.6 Å². The lowest BCUT2D eigenvalue weighted by molar-refractivity contribution is 0.0383. The SMILES string of the molecule is Cc1nc(NCCC(C)C)cc(C(=O)NCCN2CCOCC2)n1. The maximum atomic E-state index is 12.3. The highest BCUT2D eigenvalue weighted by atomic mass is 16.5. The molecule has 1 aliphatic rings. The van der Waals surface area contributed by atoms with E-state index in [9.17, 15) is 4.79 Å². The molecule has 7 nitrogen and oxygen atoms in total. The lowest BCUT2D eigenvalue weighted by Crippen LogP contribution is -2.41. The Kier molecular flexibility index (Phi) is 7.39. The maximum absolute atomic E-state index is 12.3. The van der Waals surface area contributed by atoms with Gasteiger partial charge in [0.25, 0.3) is 5.91 Å². The van der Waals surface area contributed by atoms with Gasteiger partial charge in [-0.3, -0.25) is 9.69 Å². The minimum absolute atomic E-state index is 0.152. The summed E-state index contributed by atoms with van der Waals surface area (Å²) in [5, 5.41) is 6.20. The minimum atomic E-state index is -0.152. The van der Waals surface area contributed by atoms with Crippen LogP contribution >= 0.6 is 0 Å². The van der Waals surface area contributed by atoms with Crippen molar-refractivity contribution in [1.29, 1.82) is 0 Å². The van der Waals surface area contributed by atoms with Gasteiger partial charge >= 0.3 is 0 Å². The summed E-state index contributed by atoms with van der Waals surface area (Å²) in [4.78, 5) is 23.2. The zero-order valence-corrected chi connectivity index (χ0v) is 15.0. The van der Waals surface area contributed by atoms with Gasteiger partial charge in [-0.25, -0.2) is 9.97 Å². The van der Waals surface area contributed by atoms with Crippen molar-refractivity contribution in [3.63, 3.8) is 0 Å². The number of nitrogens with zero attached hydrogens (tertiary/aromatic N) is 3. The number of amides is 1. The van der Waals surface area contributed by atoms with Gasteiger partial charge in [-0.1, -0.05) is 13.8 Å². The van der Waals surface area contributed by atoms with Crippen LogP contribution in [0.3, 0.4) is 0 Å². The molecule has 0 atom stereocenters. The molecule has 0 aliphatic carbocycles. The molecule has 0 spiro atoms. The highest BCUT2D eigenvalue weighted by Gasteiger charge is 2.13. The van der Waals surface area contributed by atoms with Gasteiger partial charge in [0.1, 0.15) is 17.3 Å². The zero-order valence-electron chi connectivity index (χ0n) is 15.0. The highest BCUT2D eigenvalue weighted by molar-refractivity contribution is 5.92. The summed E-state index contributed by atoms with van der Waals surface area (Å²) >= 11 is 0. The molecule has 134 valence electrons. The maximum Gasteiger partial charge on any atom is 0.270 e. The van der Waals surface area contributed by atoms with E-state index in [1.54, 1.807) is 13.0 Å². The smallest absolute Gasteiger partial charge is 0.270 e. The average molecular weight is 335 g/mol. The number of nitrogens with one attached hydrogen (secondary N) is 2. The van der Waals surface area contributed by atoms with E-state index >= 15 is 0 Å². The number of ether oxygens (including phenoxy) is 1. The van der Waals surface area contributed by atoms with E-state index in [0.29, 0.717) is 29.8 Å². The summed E-state index contributed by atoms with van der Waals surface area (Å²) in [5.74, 6) is 1.79. The molecular weight excluding hydrogens is 306 g/mol. The number of aromatic nitrogens is 2. The summed E-state index contributed by atoms with van der Waals surface area (Å²) in [6, 6.07) is 1.72. The molecule has 2 heterocycles. The molecule has 2 rings (SSSR count). The number of hydrogen-bond acceptors (Lipinski definition) is 6. The fraction of sp³-hybridized carbons (Fsp3) is 0.706. The predicted octanol–water partition coefficient (Wildman–Crippen LogP) is 1.31. The van der Waals surface area contributed by atoms with Crippen molar-refractivity contribution in [3.05, 3.63) is 17.6 Å². The molecule has 0 unspecified atom stereocenters. The quantitative estimate of drug-likeness (QED) is 0.746. The van der Waals surface area contributed by atoms with Gasteiger partial charge in [0.05, 0.1) is 13.2 Å². The van der Waals surface area contributed by atoms with Gasteiger partial charge in [-0.2, -0.15) is 0 Å². The minimum Gasteiger partial charge on any atom is -0.379 e. The van der Waals surface area contributed by atoms with Crippen LogP contribution in [0.15, 0.2) is 6.07 Å². The van der Waals surface area contributed by atoms with Crippen LogP contribution in [-0.2, 0) is 4.74 Å². The Labute approximate surface area is 144 Å². The molecule has 0 saturated carbocycles. The second-order valence-corrected chi connectivity index (χ2v) is 6.50. The van der Waals surface area contributed by atoms with Crippen molar-refractivity contribution in [1.82, 2.24) is 20.2 Å². The summed E-state index contributed by atoms with van der Waals surface area (Å²) in [7, 11) is 0. The molecule has 2 N–H and O–H groups in total. The van der Waals surface area contributed by atoms with Crippen LogP contribution in [0.4, 0.5) is 5.82 Å². The Morgan fingerprint density at radius 1 is 1.29 bits per heavy atom. The third kappa shape index (κ3) is 6.41. The molecule has 1 amide bonds. The summed E-state index contributed by atoms with van der Waals surface area (Å²) in [6.45, 7) is 11.8. The number of hydrogen-bond donors (Lipinski definition) is 2. The molecule has 1 saturated heterocycles. The number of morpholine rings is 1. The molecular formula is C17H29N5O2. The van der Waals surface area contributed by atoms with E-state index in [2.05, 4.69) is 39.3 Å². The molecule has 1 fully saturated rings. The lowest BCUT2D eigenvalue weighted by atomic mass is 10.1. The van der Waals surface area contributed by atoms with E-state index in [4.69, 9.17) is 4.74 Å². The number of carbonyl (C=O) groups excluding carboxylic acids is 1. The molecule has 1 aromatic rings. The van der Waals surface area contributed by atoms with Crippen LogP contribution in [-0.4, -0.2) is 66.7 Å². The van der Waals surface area contributed by atoms with Crippen LogP contribution in [0.2, 0.25) is 0 Å². The Bertz CT molecular complexity index is 530. The topological polar surface area (TPSA) is 79.4 Å². The van der Waals surface area contributed by atoms with Crippen molar-refractivity contribution >= 4 is 11.7 Å². The van der Waals surface area contributed by atoms with E-state index in [1.807, 2.05) is 0 Å². The van der Waals surface area contributed by atoms with E-state index < -0.39 is 0 Å². The van der Waals surface area contributed by atoms with Gasteiger partial charge in [-0.05, 0) is 19.3 Å². The van der Waals surface area contributed by atoms with E-state index in [-0.39, 0.29) is 5.91 Å². The van der Waals surface area contributed by atoms with E-state index in [1.165, 1.54) is 0 Å². The number of rotatable bonds is 8. The Hall–Kier alpha value is -1.73. The van der Waals surface area contributed by atoms with Crippen LogP contribution in [0.25, 0.3) is 0 Å². The molecule has 0 radical (unpaired) electrons. The first-order chi connectivity index (χ1) is 11.5. The molecule has 0 bridgehead atoms. The fourth-order valence-electron chi connectivity index (χ4n) is 2.51. The predicted molar refractivity (Wildman–Crippen MR) is 94.3 cm³/mol.